The Morgan fingerprint density at radius 3 is 1.75 bits per heavy atom. The first-order valence-electron chi connectivity index (χ1n) is 9.98. The Bertz CT molecular complexity index is 676. The maximum Gasteiger partial charge on any atom is 0.429 e. The number of methoxy groups -OCH3 is 1. The molecule has 8 nitrogen and oxygen atoms in total. The summed E-state index contributed by atoms with van der Waals surface area (Å²) >= 11 is 0. The number of hydrogen-bond acceptors (Lipinski definition) is 6. The van der Waals surface area contributed by atoms with Crippen LogP contribution < -0.4 is 0 Å². The van der Waals surface area contributed by atoms with Crippen LogP contribution in [0.5, 0.6) is 0 Å². The number of esters is 1. The molecule has 2 aliphatic heterocycles. The first-order chi connectivity index (χ1) is 13.2. The number of nitrogens with zero attached hydrogens (tertiary/aromatic N) is 2. The molecule has 2 amide bonds. The number of carbonyl (C=O) groups is 3. The van der Waals surface area contributed by atoms with Gasteiger partial charge in [-0.3, -0.25) is 4.79 Å². The topological polar surface area (TPSA) is 85.4 Å². The largest absolute Gasteiger partial charge is 0.469 e. The van der Waals surface area contributed by atoms with E-state index in [-0.39, 0.29) is 47.9 Å². The molecule has 2 aliphatic carbocycles. The molecule has 8 heteroatoms. The van der Waals surface area contributed by atoms with Crippen LogP contribution in [0.3, 0.4) is 0 Å². The Morgan fingerprint density at radius 1 is 0.893 bits per heavy atom. The Morgan fingerprint density at radius 2 is 1.36 bits per heavy atom. The summed E-state index contributed by atoms with van der Waals surface area (Å²) in [5, 5.41) is 2.71. The number of amides is 2. The first-order valence-corrected chi connectivity index (χ1v) is 9.98. The van der Waals surface area contributed by atoms with Crippen LogP contribution in [0, 0.1) is 23.7 Å². The minimum absolute atomic E-state index is 0.0758. The van der Waals surface area contributed by atoms with E-state index in [0.29, 0.717) is 0 Å². The van der Waals surface area contributed by atoms with E-state index in [9.17, 15) is 14.4 Å². The Hall–Kier alpha value is -2.25. The summed E-state index contributed by atoms with van der Waals surface area (Å²) in [5.41, 5.74) is 0. The Kier molecular flexibility index (Phi) is 5.59. The molecule has 0 spiro atoms. The van der Waals surface area contributed by atoms with Crippen LogP contribution >= 0.6 is 0 Å². The Balaban J connectivity index is 1.98. The van der Waals surface area contributed by atoms with Crippen molar-refractivity contribution in [1.82, 2.24) is 10.0 Å². The number of ether oxygens (including phenoxy) is 3. The number of rotatable bonds is 4. The van der Waals surface area contributed by atoms with Gasteiger partial charge in [-0.25, -0.2) is 19.6 Å². The molecule has 6 atom stereocenters. The highest BCUT2D eigenvalue weighted by atomic mass is 16.6. The van der Waals surface area contributed by atoms with Gasteiger partial charge in [0.2, 0.25) is 0 Å². The van der Waals surface area contributed by atoms with Crippen LogP contribution in [0.25, 0.3) is 0 Å². The highest BCUT2D eigenvalue weighted by molar-refractivity contribution is 5.79. The lowest BCUT2D eigenvalue weighted by Gasteiger charge is -2.65. The molecule has 2 unspecified atom stereocenters. The highest BCUT2D eigenvalue weighted by Gasteiger charge is 2.67. The number of hydrazine groups is 1. The zero-order valence-electron chi connectivity index (χ0n) is 17.3. The van der Waals surface area contributed by atoms with Crippen LogP contribution in [0.15, 0.2) is 12.2 Å². The molecule has 0 aromatic carbocycles. The van der Waals surface area contributed by atoms with Crippen molar-refractivity contribution in [2.24, 2.45) is 23.7 Å². The van der Waals surface area contributed by atoms with E-state index in [1.54, 1.807) is 27.7 Å². The summed E-state index contributed by atoms with van der Waals surface area (Å²) < 4.78 is 15.8. The molecule has 0 aromatic rings. The Labute approximate surface area is 165 Å². The zero-order chi connectivity index (χ0) is 20.7. The van der Waals surface area contributed by atoms with E-state index in [1.807, 2.05) is 19.1 Å². The third-order valence-corrected chi connectivity index (χ3v) is 5.90. The fourth-order valence-electron chi connectivity index (χ4n) is 5.01. The van der Waals surface area contributed by atoms with Crippen molar-refractivity contribution < 1.29 is 28.6 Å². The standard InChI is InChI=1S/C20H30N2O6/c1-7-12-15-13-8-9-14(17(15)16(12)18(23)26-6)22(20(25)28-11(4)5)21(13)19(24)27-10(2)3/h8-17H,7H2,1-6H3/t12?,13-,14+,15+,16?,17-/m0/s1. The van der Waals surface area contributed by atoms with Crippen LogP contribution in [-0.2, 0) is 19.0 Å². The summed E-state index contributed by atoms with van der Waals surface area (Å²) in [6.07, 6.45) is 2.79. The normalized spacial score (nSPS) is 32.9. The van der Waals surface area contributed by atoms with E-state index in [0.717, 1.165) is 6.42 Å². The van der Waals surface area contributed by atoms with Crippen molar-refractivity contribution in [1.29, 1.82) is 0 Å². The lowest BCUT2D eigenvalue weighted by molar-refractivity contribution is -0.213. The van der Waals surface area contributed by atoms with Crippen LogP contribution in [-0.4, -0.2) is 59.6 Å². The van der Waals surface area contributed by atoms with Crippen molar-refractivity contribution >= 4 is 18.2 Å². The van der Waals surface area contributed by atoms with E-state index >= 15 is 0 Å². The molecular weight excluding hydrogens is 364 g/mol. The second-order valence-corrected chi connectivity index (χ2v) is 8.20. The molecule has 156 valence electrons. The predicted octanol–water partition coefficient (Wildman–Crippen LogP) is 2.98. The second-order valence-electron chi connectivity index (χ2n) is 8.20. The van der Waals surface area contributed by atoms with Gasteiger partial charge in [0.1, 0.15) is 0 Å². The molecule has 0 N–H and O–H groups in total. The molecule has 2 heterocycles. The predicted molar refractivity (Wildman–Crippen MR) is 99.9 cm³/mol. The fourth-order valence-corrected chi connectivity index (χ4v) is 5.01. The summed E-state index contributed by atoms with van der Waals surface area (Å²) in [4.78, 5) is 38.2. The number of fused-ring (bicyclic) bond motifs is 1. The van der Waals surface area contributed by atoms with Gasteiger partial charge < -0.3 is 14.2 Å². The summed E-state index contributed by atoms with van der Waals surface area (Å²) in [7, 11) is 1.39. The zero-order valence-corrected chi connectivity index (χ0v) is 17.3. The molecule has 4 aliphatic rings. The molecule has 1 saturated heterocycles. The maximum absolute atomic E-state index is 12.9. The van der Waals surface area contributed by atoms with E-state index in [4.69, 9.17) is 14.2 Å². The molecule has 0 radical (unpaired) electrons. The molecule has 28 heavy (non-hydrogen) atoms. The quantitative estimate of drug-likeness (QED) is 0.414. The molecule has 2 fully saturated rings. The van der Waals surface area contributed by atoms with Crippen molar-refractivity contribution in [3.8, 4) is 0 Å². The van der Waals surface area contributed by atoms with Gasteiger partial charge in [0.15, 0.2) is 0 Å². The van der Waals surface area contributed by atoms with Gasteiger partial charge in [0, 0.05) is 5.92 Å². The van der Waals surface area contributed by atoms with Crippen molar-refractivity contribution in [2.45, 2.75) is 65.3 Å². The summed E-state index contributed by atoms with van der Waals surface area (Å²) in [5.74, 6) is -0.493. The van der Waals surface area contributed by atoms with Gasteiger partial charge in [-0.05, 0) is 39.5 Å². The third kappa shape index (κ3) is 3.12. The lowest BCUT2D eigenvalue weighted by atomic mass is 9.48. The second kappa shape index (κ2) is 7.64. The molecular formula is C20H30N2O6. The van der Waals surface area contributed by atoms with E-state index < -0.39 is 18.2 Å². The first kappa shape index (κ1) is 20.5. The van der Waals surface area contributed by atoms with Gasteiger partial charge in [0.25, 0.3) is 0 Å². The smallest absolute Gasteiger partial charge is 0.429 e. The third-order valence-electron chi connectivity index (χ3n) is 5.90. The summed E-state index contributed by atoms with van der Waals surface area (Å²) in [6.45, 7) is 9.07. The van der Waals surface area contributed by atoms with E-state index in [2.05, 4.69) is 0 Å². The molecule has 0 aromatic heterocycles. The molecule has 4 rings (SSSR count). The average molecular weight is 394 g/mol. The van der Waals surface area contributed by atoms with Gasteiger partial charge >= 0.3 is 18.2 Å². The number of carbonyl (C=O) groups excluding carboxylic acids is 3. The SMILES string of the molecule is CCC1C(C(=O)OC)[C@@H]2[C@H]1[C@@H]1C=C[C@H]2N(C(=O)OC(C)C)N1C(=O)OC(C)C. The molecule has 1 saturated carbocycles. The maximum atomic E-state index is 12.9. The van der Waals surface area contributed by atoms with Gasteiger partial charge in [-0.15, -0.1) is 0 Å². The van der Waals surface area contributed by atoms with Crippen LogP contribution in [0.2, 0.25) is 0 Å². The van der Waals surface area contributed by atoms with Crippen molar-refractivity contribution in [3.05, 3.63) is 12.2 Å². The van der Waals surface area contributed by atoms with Gasteiger partial charge in [-0.1, -0.05) is 25.5 Å². The lowest BCUT2D eigenvalue weighted by Crippen LogP contribution is -2.76. The monoisotopic (exact) mass is 394 g/mol. The summed E-state index contributed by atoms with van der Waals surface area (Å²) in [6, 6.07) is -0.806. The minimum Gasteiger partial charge on any atom is -0.469 e. The van der Waals surface area contributed by atoms with Crippen LogP contribution in [0.4, 0.5) is 9.59 Å². The minimum atomic E-state index is -0.614. The van der Waals surface area contributed by atoms with E-state index in [1.165, 1.54) is 17.1 Å². The fraction of sp³-hybridized carbons (Fsp3) is 0.750. The van der Waals surface area contributed by atoms with Crippen molar-refractivity contribution in [2.75, 3.05) is 7.11 Å². The number of hydrogen-bond donors (Lipinski definition) is 0. The van der Waals surface area contributed by atoms with Crippen molar-refractivity contribution in [3.63, 3.8) is 0 Å². The average Bonchev–Trinajstić information content (AvgIpc) is 2.59. The van der Waals surface area contributed by atoms with Crippen LogP contribution in [0.1, 0.15) is 41.0 Å². The van der Waals surface area contributed by atoms with Gasteiger partial charge in [0.05, 0.1) is 37.3 Å². The molecule has 2 bridgehead atoms. The highest BCUT2D eigenvalue weighted by Crippen LogP contribution is 2.59. The van der Waals surface area contributed by atoms with Gasteiger partial charge in [-0.2, -0.15) is 0 Å².